The van der Waals surface area contributed by atoms with Gasteiger partial charge in [0.15, 0.2) is 0 Å². The van der Waals surface area contributed by atoms with E-state index in [4.69, 9.17) is 18.4 Å². The first-order valence-corrected chi connectivity index (χ1v) is 13.5. The zero-order chi connectivity index (χ0) is 18.9. The van der Waals surface area contributed by atoms with E-state index in [2.05, 4.69) is 91.0 Å². The fourth-order valence-corrected chi connectivity index (χ4v) is 10.3. The van der Waals surface area contributed by atoms with Gasteiger partial charge >= 0.3 is 121 Å². The number of nitrogens with two attached hydrogens (primary N) is 1. The van der Waals surface area contributed by atoms with Gasteiger partial charge in [-0.3, -0.25) is 0 Å². The first-order chi connectivity index (χ1) is 13.3. The van der Waals surface area contributed by atoms with Crippen molar-refractivity contribution >= 4 is 48.8 Å². The molecule has 0 heterocycles. The molecule has 27 heavy (non-hydrogen) atoms. The maximum atomic E-state index is 5.42. The predicted molar refractivity (Wildman–Crippen MR) is 120 cm³/mol. The zero-order valence-corrected chi connectivity index (χ0v) is 18.6. The van der Waals surface area contributed by atoms with Crippen LogP contribution in [0.1, 0.15) is 0 Å². The van der Waals surface area contributed by atoms with Crippen molar-refractivity contribution in [3.63, 3.8) is 0 Å². The number of nitrogen functional groups attached to an aromatic ring is 1. The number of anilines is 1. The van der Waals surface area contributed by atoms with Crippen LogP contribution in [0.2, 0.25) is 0 Å². The molecule has 0 unspecified atom stereocenters. The van der Waals surface area contributed by atoms with E-state index in [0.717, 1.165) is 4.90 Å². The molecule has 0 aromatic heterocycles. The summed E-state index contributed by atoms with van der Waals surface area (Å²) in [4.78, 5) is 0.729. The molecule has 0 atom stereocenters. The fraction of sp³-hybridized carbons (Fsp3) is 0. The average molecular weight is 474 g/mol. The first-order valence-electron chi connectivity index (χ1n) is 8.80. The van der Waals surface area contributed by atoms with Crippen LogP contribution in [-0.2, 0) is 12.6 Å². The van der Waals surface area contributed by atoms with E-state index in [9.17, 15) is 0 Å². The number of rotatable bonds is 3. The van der Waals surface area contributed by atoms with Crippen LogP contribution in [0.4, 0.5) is 5.69 Å². The second kappa shape index (κ2) is 10.1. The van der Waals surface area contributed by atoms with E-state index in [1.165, 1.54) is 10.7 Å². The van der Waals surface area contributed by atoms with Crippen LogP contribution in [0.3, 0.4) is 0 Å². The average Bonchev–Trinajstić information content (AvgIpc) is 2.73. The SMILES string of the molecule is Nc1ccccc1[S-].c1cc[c]([Sn+]([c]2ccccc2)[c]2ccccc2)cc1. The molecule has 0 aliphatic heterocycles. The van der Waals surface area contributed by atoms with Gasteiger partial charge in [-0.1, -0.05) is 18.2 Å². The van der Waals surface area contributed by atoms with Gasteiger partial charge in [-0.2, -0.15) is 4.90 Å². The molecule has 4 aromatic carbocycles. The van der Waals surface area contributed by atoms with Crippen molar-refractivity contribution in [2.45, 2.75) is 4.90 Å². The van der Waals surface area contributed by atoms with E-state index in [1.54, 1.807) is 6.07 Å². The molecule has 0 bridgehead atoms. The number of benzene rings is 4. The third-order valence-corrected chi connectivity index (χ3v) is 12.3. The van der Waals surface area contributed by atoms with Crippen molar-refractivity contribution in [3.8, 4) is 0 Å². The molecule has 0 amide bonds. The molecule has 2 N–H and O–H groups in total. The van der Waals surface area contributed by atoms with Gasteiger partial charge < -0.3 is 18.4 Å². The van der Waals surface area contributed by atoms with Crippen molar-refractivity contribution < 1.29 is 0 Å². The van der Waals surface area contributed by atoms with Crippen molar-refractivity contribution in [2.75, 3.05) is 5.73 Å². The molecular weight excluding hydrogens is 453 g/mol. The van der Waals surface area contributed by atoms with Gasteiger partial charge in [0.1, 0.15) is 0 Å². The minimum atomic E-state index is -1.98. The van der Waals surface area contributed by atoms with Gasteiger partial charge in [-0.25, -0.2) is 0 Å². The third kappa shape index (κ3) is 5.58. The summed E-state index contributed by atoms with van der Waals surface area (Å²) in [5.74, 6) is 0. The van der Waals surface area contributed by atoms with Crippen LogP contribution in [0.5, 0.6) is 0 Å². The van der Waals surface area contributed by atoms with Gasteiger partial charge in [-0.15, -0.1) is 0 Å². The van der Waals surface area contributed by atoms with Crippen LogP contribution in [-0.4, -0.2) is 19.8 Å². The standard InChI is InChI=1S/C6H7NS.3C6H5.Sn/c7-5-3-1-2-4-6(5)8;3*1-2-4-6-5-3-1;/h1-4,8H,7H2;3*1-5H;/q;;;;+1/p-1. The molecule has 0 spiro atoms. The molecule has 0 aliphatic carbocycles. The second-order valence-corrected chi connectivity index (χ2v) is 13.5. The zero-order valence-electron chi connectivity index (χ0n) is 15.0. The van der Waals surface area contributed by atoms with E-state index >= 15 is 0 Å². The van der Waals surface area contributed by atoms with Gasteiger partial charge in [0.2, 0.25) is 0 Å². The molecule has 4 aromatic rings. The summed E-state index contributed by atoms with van der Waals surface area (Å²) < 4.78 is 4.59. The summed E-state index contributed by atoms with van der Waals surface area (Å²) in [6, 6.07) is 40.3. The topological polar surface area (TPSA) is 26.0 Å². The molecule has 1 nitrogen and oxygen atoms in total. The summed E-state index contributed by atoms with van der Waals surface area (Å²) in [5.41, 5.74) is 6.10. The van der Waals surface area contributed by atoms with E-state index < -0.39 is 19.8 Å². The Morgan fingerprint density at radius 2 is 0.815 bits per heavy atom. The van der Waals surface area contributed by atoms with E-state index in [0.29, 0.717) is 5.69 Å². The Balaban J connectivity index is 0.000000221. The molecule has 4 rings (SSSR count). The molecule has 132 valence electrons. The number of hydrogen-bond donors (Lipinski definition) is 1. The summed E-state index contributed by atoms with van der Waals surface area (Å²) in [5, 5.41) is 0. The number of hydrogen-bond acceptors (Lipinski definition) is 2. The second-order valence-electron chi connectivity index (χ2n) is 6.01. The summed E-state index contributed by atoms with van der Waals surface area (Å²) in [6.45, 7) is 0. The molecule has 0 aliphatic rings. The van der Waals surface area contributed by atoms with Crippen molar-refractivity contribution in [1.29, 1.82) is 0 Å². The van der Waals surface area contributed by atoms with Crippen LogP contribution >= 0.6 is 0 Å². The van der Waals surface area contributed by atoms with Crippen LogP contribution in [0, 0.1) is 0 Å². The Hall–Kier alpha value is -2.30. The van der Waals surface area contributed by atoms with E-state index in [-0.39, 0.29) is 0 Å². The molecule has 0 saturated heterocycles. The maximum absolute atomic E-state index is 5.42. The minimum absolute atomic E-state index is 0.683. The van der Waals surface area contributed by atoms with E-state index in [1.807, 2.05) is 18.2 Å². The predicted octanol–water partition coefficient (Wildman–Crippen LogP) is 3.38. The van der Waals surface area contributed by atoms with Gasteiger partial charge in [0, 0.05) is 5.69 Å². The Labute approximate surface area is 174 Å². The third-order valence-electron chi connectivity index (χ3n) is 4.11. The van der Waals surface area contributed by atoms with Crippen molar-refractivity contribution in [1.82, 2.24) is 0 Å². The molecular formula is C24H21NSSn. The molecule has 0 radical (unpaired) electrons. The van der Waals surface area contributed by atoms with Gasteiger partial charge in [-0.05, 0) is 6.07 Å². The normalized spacial score (nSPS) is 9.78. The van der Waals surface area contributed by atoms with Gasteiger partial charge in [0.25, 0.3) is 0 Å². The Morgan fingerprint density at radius 3 is 1.11 bits per heavy atom. The summed E-state index contributed by atoms with van der Waals surface area (Å²) >= 11 is 2.85. The van der Waals surface area contributed by atoms with Gasteiger partial charge in [0.05, 0.1) is 0 Å². The Bertz CT molecular complexity index is 829. The summed E-state index contributed by atoms with van der Waals surface area (Å²) in [6.07, 6.45) is 0. The molecule has 0 saturated carbocycles. The first kappa shape index (κ1) is 19.5. The molecule has 3 heteroatoms. The van der Waals surface area contributed by atoms with Crippen molar-refractivity contribution in [3.05, 3.63) is 115 Å². The Kier molecular flexibility index (Phi) is 7.31. The fourth-order valence-electron chi connectivity index (χ4n) is 2.79. The Morgan fingerprint density at radius 1 is 0.481 bits per heavy atom. The number of para-hydroxylation sites is 1. The van der Waals surface area contributed by atoms with Crippen molar-refractivity contribution in [2.24, 2.45) is 0 Å². The van der Waals surface area contributed by atoms with Crippen LogP contribution in [0.25, 0.3) is 0 Å². The van der Waals surface area contributed by atoms with Crippen LogP contribution in [0.15, 0.2) is 120 Å². The summed E-state index contributed by atoms with van der Waals surface area (Å²) in [7, 11) is 0. The quantitative estimate of drug-likeness (QED) is 0.280. The van der Waals surface area contributed by atoms with Crippen LogP contribution < -0.4 is 16.5 Å². The molecule has 0 fully saturated rings. The monoisotopic (exact) mass is 475 g/mol.